The van der Waals surface area contributed by atoms with Crippen molar-refractivity contribution in [3.05, 3.63) is 65.2 Å². The topological polar surface area (TPSA) is 129 Å². The highest BCUT2D eigenvalue weighted by Crippen LogP contribution is 2.19. The van der Waals surface area contributed by atoms with Crippen molar-refractivity contribution in [2.45, 2.75) is 52.4 Å². The van der Waals surface area contributed by atoms with Crippen LogP contribution in [0.4, 0.5) is 0 Å². The van der Waals surface area contributed by atoms with Gasteiger partial charge in [0.1, 0.15) is 5.75 Å². The summed E-state index contributed by atoms with van der Waals surface area (Å²) in [7, 11) is -1.44. The van der Waals surface area contributed by atoms with Crippen molar-refractivity contribution in [3.63, 3.8) is 0 Å². The van der Waals surface area contributed by atoms with E-state index in [4.69, 9.17) is 19.8 Å². The minimum Gasteiger partial charge on any atom is -0.482 e. The van der Waals surface area contributed by atoms with Crippen molar-refractivity contribution in [3.8, 4) is 5.75 Å². The van der Waals surface area contributed by atoms with Crippen LogP contribution in [0.1, 0.15) is 54.0 Å². The van der Waals surface area contributed by atoms with Crippen LogP contribution in [-0.2, 0) is 9.32 Å². The summed E-state index contributed by atoms with van der Waals surface area (Å²) in [5.41, 5.74) is 0.932. The van der Waals surface area contributed by atoms with Gasteiger partial charge in [0.2, 0.25) is 9.04 Å². The summed E-state index contributed by atoms with van der Waals surface area (Å²) in [4.78, 5) is 36.0. The van der Waals surface area contributed by atoms with Crippen molar-refractivity contribution < 1.29 is 28.8 Å². The molecule has 2 rings (SSSR count). The number of nitrogens with one attached hydrogen (secondary N) is 2. The van der Waals surface area contributed by atoms with Gasteiger partial charge in [-0.15, -0.1) is 0 Å². The Balaban J connectivity index is 2.04. The molecule has 1 amide bonds. The number of hydrogen-bond acceptors (Lipinski definition) is 6. The largest absolute Gasteiger partial charge is 0.482 e. The van der Waals surface area contributed by atoms with Crippen LogP contribution in [0.15, 0.2) is 48.5 Å². The minimum atomic E-state index is -1.44. The maximum atomic E-state index is 12.7. The number of carboxylic acids is 1. The van der Waals surface area contributed by atoms with Gasteiger partial charge in [0.15, 0.2) is 18.2 Å². The standard InChI is InChI=1S/C25H33N3O6Si/c1-16(22(31)17-11-13-20(14-12-17)33-15-21(29)30)27-24(32)19-9-7-18(8-10-19)23(26)28(25(2,3)4)34-35(5)6/h7-14,16,26,35H,15H2,1-6H3,(H,27,32)(H,29,30). The highest BCUT2D eigenvalue weighted by Gasteiger charge is 2.27. The average molecular weight is 500 g/mol. The zero-order chi connectivity index (χ0) is 26.3. The molecule has 0 aliphatic rings. The van der Waals surface area contributed by atoms with Crippen LogP contribution in [0.5, 0.6) is 5.75 Å². The number of amides is 1. The van der Waals surface area contributed by atoms with E-state index in [0.29, 0.717) is 22.4 Å². The van der Waals surface area contributed by atoms with E-state index in [1.807, 2.05) is 33.9 Å². The first-order valence-electron chi connectivity index (χ1n) is 11.2. The number of carboxylic acid groups (broad SMARTS) is 1. The molecule has 0 radical (unpaired) electrons. The van der Waals surface area contributed by atoms with Crippen molar-refractivity contribution >= 4 is 32.5 Å². The van der Waals surface area contributed by atoms with Crippen LogP contribution in [0.2, 0.25) is 13.1 Å². The van der Waals surface area contributed by atoms with Gasteiger partial charge >= 0.3 is 5.97 Å². The molecule has 35 heavy (non-hydrogen) atoms. The Hall–Kier alpha value is -3.50. The molecule has 0 aliphatic heterocycles. The van der Waals surface area contributed by atoms with Crippen molar-refractivity contribution in [1.29, 1.82) is 5.41 Å². The number of hydroxylamine groups is 2. The van der Waals surface area contributed by atoms with Crippen LogP contribution >= 0.6 is 0 Å². The average Bonchev–Trinajstić information content (AvgIpc) is 2.79. The third kappa shape index (κ3) is 8.04. The van der Waals surface area contributed by atoms with Crippen molar-refractivity contribution in [1.82, 2.24) is 10.4 Å². The Morgan fingerprint density at radius 3 is 2.00 bits per heavy atom. The number of nitrogens with zero attached hydrogens (tertiary/aromatic N) is 1. The van der Waals surface area contributed by atoms with Crippen molar-refractivity contribution in [2.24, 2.45) is 0 Å². The highest BCUT2D eigenvalue weighted by atomic mass is 28.3. The summed E-state index contributed by atoms with van der Waals surface area (Å²) in [6.07, 6.45) is 0. The fraction of sp³-hybridized carbons (Fsp3) is 0.360. The number of aliphatic carboxylic acids is 1. The fourth-order valence-electron chi connectivity index (χ4n) is 3.11. The molecule has 0 saturated heterocycles. The van der Waals surface area contributed by atoms with E-state index in [1.165, 1.54) is 24.3 Å². The number of Topliss-reactive ketones (excluding diaryl/α,β-unsaturated/α-hetero) is 1. The molecule has 3 N–H and O–H groups in total. The molecule has 1 unspecified atom stereocenters. The number of ketones is 1. The molecular weight excluding hydrogens is 466 g/mol. The van der Waals surface area contributed by atoms with Gasteiger partial charge in [-0.2, -0.15) is 0 Å². The highest BCUT2D eigenvalue weighted by molar-refractivity contribution is 6.48. The van der Waals surface area contributed by atoms with Gasteiger partial charge in [-0.3, -0.25) is 15.0 Å². The summed E-state index contributed by atoms with van der Waals surface area (Å²) in [5, 5.41) is 21.5. The first kappa shape index (κ1) is 27.7. The van der Waals surface area contributed by atoms with Crippen LogP contribution < -0.4 is 10.1 Å². The summed E-state index contributed by atoms with van der Waals surface area (Å²) in [5.74, 6) is -1.26. The zero-order valence-corrected chi connectivity index (χ0v) is 22.1. The number of ether oxygens (including phenoxy) is 1. The summed E-state index contributed by atoms with van der Waals surface area (Å²) >= 11 is 0. The number of carbonyl (C=O) groups is 3. The molecule has 9 nitrogen and oxygen atoms in total. The normalized spacial score (nSPS) is 12.1. The van der Waals surface area contributed by atoms with E-state index in [2.05, 4.69) is 5.32 Å². The molecule has 0 fully saturated rings. The Morgan fingerprint density at radius 1 is 1.00 bits per heavy atom. The molecule has 2 aromatic carbocycles. The van der Waals surface area contributed by atoms with Gasteiger partial charge in [0.05, 0.1) is 11.6 Å². The number of rotatable bonds is 10. The van der Waals surface area contributed by atoms with E-state index in [-0.39, 0.29) is 11.6 Å². The molecule has 2 aromatic rings. The van der Waals surface area contributed by atoms with E-state index >= 15 is 0 Å². The van der Waals surface area contributed by atoms with E-state index in [9.17, 15) is 14.4 Å². The molecular formula is C25H33N3O6Si. The third-order valence-electron chi connectivity index (χ3n) is 4.79. The Kier molecular flexibility index (Phi) is 9.32. The summed E-state index contributed by atoms with van der Waals surface area (Å²) in [6, 6.07) is 11.9. The Labute approximate surface area is 207 Å². The van der Waals surface area contributed by atoms with Gasteiger partial charge < -0.3 is 19.7 Å². The van der Waals surface area contributed by atoms with Crippen LogP contribution in [-0.4, -0.2) is 60.9 Å². The predicted octanol–water partition coefficient (Wildman–Crippen LogP) is 3.49. The first-order valence-corrected chi connectivity index (χ1v) is 14.0. The minimum absolute atomic E-state index is 0.213. The van der Waals surface area contributed by atoms with Gasteiger partial charge in [0, 0.05) is 16.7 Å². The smallest absolute Gasteiger partial charge is 0.341 e. The maximum absolute atomic E-state index is 12.7. The first-order chi connectivity index (χ1) is 16.3. The molecule has 0 saturated carbocycles. The number of carbonyl (C=O) groups excluding carboxylic acids is 2. The molecule has 0 spiro atoms. The molecule has 188 valence electrons. The molecule has 0 bridgehead atoms. The molecule has 10 heteroatoms. The van der Waals surface area contributed by atoms with Crippen LogP contribution in [0.3, 0.4) is 0 Å². The maximum Gasteiger partial charge on any atom is 0.341 e. The zero-order valence-electron chi connectivity index (χ0n) is 20.9. The lowest BCUT2D eigenvalue weighted by Gasteiger charge is -2.38. The molecule has 0 aliphatic carbocycles. The van der Waals surface area contributed by atoms with Gasteiger partial charge in [-0.25, -0.2) is 9.86 Å². The SMILES string of the molecule is CC(NC(=O)c1ccc(C(=N)N(O[SiH](C)C)C(C)(C)C)cc1)C(=O)c1ccc(OCC(=O)O)cc1. The van der Waals surface area contributed by atoms with Gasteiger partial charge in [-0.1, -0.05) is 12.1 Å². The Morgan fingerprint density at radius 2 is 1.51 bits per heavy atom. The van der Waals surface area contributed by atoms with Crippen molar-refractivity contribution in [2.75, 3.05) is 6.61 Å². The Bertz CT molecular complexity index is 1060. The summed E-state index contributed by atoms with van der Waals surface area (Å²) in [6.45, 7) is 11.1. The van der Waals surface area contributed by atoms with E-state index < -0.39 is 39.1 Å². The van der Waals surface area contributed by atoms with Crippen LogP contribution in [0, 0.1) is 5.41 Å². The second-order valence-corrected chi connectivity index (χ2v) is 11.6. The van der Waals surface area contributed by atoms with Crippen LogP contribution in [0.25, 0.3) is 0 Å². The fourth-order valence-corrected chi connectivity index (χ4v) is 3.95. The summed E-state index contributed by atoms with van der Waals surface area (Å²) < 4.78 is 11.0. The quantitative estimate of drug-likeness (QED) is 0.150. The lowest BCUT2D eigenvalue weighted by molar-refractivity contribution is -0.139. The number of hydrogen-bond donors (Lipinski definition) is 3. The molecule has 0 aromatic heterocycles. The van der Waals surface area contributed by atoms with Gasteiger partial charge in [0.25, 0.3) is 5.91 Å². The lowest BCUT2D eigenvalue weighted by Crippen LogP contribution is -2.47. The number of amidine groups is 1. The predicted molar refractivity (Wildman–Crippen MR) is 136 cm³/mol. The second-order valence-electron chi connectivity index (χ2n) is 9.31. The monoisotopic (exact) mass is 499 g/mol. The van der Waals surface area contributed by atoms with E-state index in [0.717, 1.165) is 0 Å². The lowest BCUT2D eigenvalue weighted by atomic mass is 10.0. The van der Waals surface area contributed by atoms with Gasteiger partial charge in [-0.05, 0) is 77.2 Å². The third-order valence-corrected chi connectivity index (χ3v) is 5.42. The molecule has 1 atom stereocenters. The molecule has 0 heterocycles. The van der Waals surface area contributed by atoms with E-state index in [1.54, 1.807) is 36.3 Å². The second kappa shape index (κ2) is 11.8. The number of benzene rings is 2.